The molecule has 9 heteroatoms. The van der Waals surface area contributed by atoms with Crippen LogP contribution in [0.1, 0.15) is 15.9 Å². The summed E-state index contributed by atoms with van der Waals surface area (Å²) in [6, 6.07) is 7.91. The average Bonchev–Trinajstić information content (AvgIpc) is 2.59. The van der Waals surface area contributed by atoms with Crippen molar-refractivity contribution in [1.29, 1.82) is 0 Å². The van der Waals surface area contributed by atoms with Crippen LogP contribution in [0.5, 0.6) is 11.5 Å². The van der Waals surface area contributed by atoms with Gasteiger partial charge in [-0.15, -0.1) is 0 Å². The van der Waals surface area contributed by atoms with Crippen LogP contribution in [0.2, 0.25) is 0 Å². The maximum Gasteiger partial charge on any atom is 0.387 e. The molecule has 2 aromatic rings. The maximum atomic E-state index is 13.9. The molecule has 0 aliphatic carbocycles. The van der Waals surface area contributed by atoms with Crippen molar-refractivity contribution in [2.45, 2.75) is 13.2 Å². The van der Waals surface area contributed by atoms with Crippen molar-refractivity contribution in [2.75, 3.05) is 27.2 Å². The summed E-state index contributed by atoms with van der Waals surface area (Å²) in [7, 11) is 3.86. The lowest BCUT2D eigenvalue weighted by Crippen LogP contribution is -2.25. The fraction of sp³-hybridized carbons (Fsp3) is 0.316. The Balaban J connectivity index is 1.95. The molecule has 0 unspecified atom stereocenters. The molecular formula is C19H20F4N2O3. The quantitative estimate of drug-likeness (QED) is 0.656. The van der Waals surface area contributed by atoms with Crippen LogP contribution in [0.3, 0.4) is 0 Å². The minimum atomic E-state index is -3.23. The van der Waals surface area contributed by atoms with E-state index in [1.54, 1.807) is 24.3 Å². The van der Waals surface area contributed by atoms with Crippen LogP contribution in [0.4, 0.5) is 17.6 Å². The van der Waals surface area contributed by atoms with Gasteiger partial charge in [0.1, 0.15) is 35.3 Å². The highest BCUT2D eigenvalue weighted by Crippen LogP contribution is 2.22. The lowest BCUT2D eigenvalue weighted by atomic mass is 10.1. The van der Waals surface area contributed by atoms with Gasteiger partial charge in [-0.2, -0.15) is 8.78 Å². The first kappa shape index (κ1) is 21.5. The number of nitrogens with one attached hydrogen (secondary N) is 1. The summed E-state index contributed by atoms with van der Waals surface area (Å²) in [6.45, 7) is -1.93. The molecule has 2 rings (SSSR count). The molecule has 2 aromatic carbocycles. The van der Waals surface area contributed by atoms with E-state index < -0.39 is 35.5 Å². The summed E-state index contributed by atoms with van der Waals surface area (Å²) < 4.78 is 61.6. The summed E-state index contributed by atoms with van der Waals surface area (Å²) in [5.41, 5.74) is -0.183. The number of hydrogen-bond acceptors (Lipinski definition) is 4. The topological polar surface area (TPSA) is 50.8 Å². The van der Waals surface area contributed by atoms with Gasteiger partial charge in [0.25, 0.3) is 5.91 Å². The van der Waals surface area contributed by atoms with Crippen molar-refractivity contribution in [3.8, 4) is 11.5 Å². The van der Waals surface area contributed by atoms with E-state index in [1.165, 1.54) is 0 Å². The molecule has 5 nitrogen and oxygen atoms in total. The average molecular weight is 400 g/mol. The van der Waals surface area contributed by atoms with E-state index >= 15 is 0 Å². The molecule has 28 heavy (non-hydrogen) atoms. The van der Waals surface area contributed by atoms with Gasteiger partial charge in [0.2, 0.25) is 0 Å². The number of halogens is 4. The van der Waals surface area contributed by atoms with Gasteiger partial charge < -0.3 is 19.7 Å². The molecule has 152 valence electrons. The zero-order valence-corrected chi connectivity index (χ0v) is 15.3. The SMILES string of the molecule is CN(C)CCOc1ccc(CNC(=O)c2c(F)cc(OC(F)F)cc2F)cc1. The van der Waals surface area contributed by atoms with Crippen LogP contribution in [-0.4, -0.2) is 44.7 Å². The van der Waals surface area contributed by atoms with E-state index in [0.717, 1.165) is 6.54 Å². The smallest absolute Gasteiger partial charge is 0.387 e. The Morgan fingerprint density at radius 2 is 1.68 bits per heavy atom. The van der Waals surface area contributed by atoms with Gasteiger partial charge in [-0.05, 0) is 31.8 Å². The number of hydrogen-bond donors (Lipinski definition) is 1. The minimum absolute atomic E-state index is 0.0188. The second-order valence-corrected chi connectivity index (χ2v) is 6.12. The van der Waals surface area contributed by atoms with E-state index in [9.17, 15) is 22.4 Å². The zero-order chi connectivity index (χ0) is 20.7. The van der Waals surface area contributed by atoms with E-state index in [0.29, 0.717) is 30.1 Å². The second-order valence-electron chi connectivity index (χ2n) is 6.12. The Hall–Kier alpha value is -2.81. The van der Waals surface area contributed by atoms with Crippen LogP contribution >= 0.6 is 0 Å². The third kappa shape index (κ3) is 6.41. The highest BCUT2D eigenvalue weighted by Gasteiger charge is 2.20. The predicted molar refractivity (Wildman–Crippen MR) is 94.7 cm³/mol. The summed E-state index contributed by atoms with van der Waals surface area (Å²) in [6.07, 6.45) is 0. The van der Waals surface area contributed by atoms with Crippen molar-refractivity contribution in [3.05, 3.63) is 59.2 Å². The van der Waals surface area contributed by atoms with Gasteiger partial charge in [-0.3, -0.25) is 4.79 Å². The number of nitrogens with zero attached hydrogens (tertiary/aromatic N) is 1. The first-order chi connectivity index (χ1) is 13.3. The molecule has 0 bridgehead atoms. The minimum Gasteiger partial charge on any atom is -0.492 e. The Bertz CT molecular complexity index is 775. The summed E-state index contributed by atoms with van der Waals surface area (Å²) in [4.78, 5) is 14.0. The van der Waals surface area contributed by atoms with Gasteiger partial charge in [0, 0.05) is 25.2 Å². The number of likely N-dealkylation sites (N-methyl/N-ethyl adjacent to an activating group) is 1. The van der Waals surface area contributed by atoms with Gasteiger partial charge in [-0.25, -0.2) is 8.78 Å². The van der Waals surface area contributed by atoms with Crippen molar-refractivity contribution in [1.82, 2.24) is 10.2 Å². The first-order valence-electron chi connectivity index (χ1n) is 8.34. The number of amides is 1. The molecule has 0 radical (unpaired) electrons. The number of carbonyl (C=O) groups is 1. The Morgan fingerprint density at radius 1 is 1.07 bits per heavy atom. The van der Waals surface area contributed by atoms with E-state index in [4.69, 9.17) is 4.74 Å². The monoisotopic (exact) mass is 400 g/mol. The van der Waals surface area contributed by atoms with Crippen LogP contribution in [-0.2, 0) is 6.54 Å². The fourth-order valence-electron chi connectivity index (χ4n) is 2.26. The highest BCUT2D eigenvalue weighted by atomic mass is 19.3. The predicted octanol–water partition coefficient (Wildman–Crippen LogP) is 3.44. The zero-order valence-electron chi connectivity index (χ0n) is 15.3. The van der Waals surface area contributed by atoms with Crippen LogP contribution in [0, 0.1) is 11.6 Å². The van der Waals surface area contributed by atoms with Gasteiger partial charge in [0.05, 0.1) is 0 Å². The summed E-state index contributed by atoms with van der Waals surface area (Å²) in [5.74, 6) is -3.64. The molecule has 0 aliphatic rings. The van der Waals surface area contributed by atoms with Crippen molar-refractivity contribution in [2.24, 2.45) is 0 Å². The van der Waals surface area contributed by atoms with E-state index in [2.05, 4.69) is 10.1 Å². The molecule has 0 aromatic heterocycles. The highest BCUT2D eigenvalue weighted by molar-refractivity contribution is 5.94. The standard InChI is InChI=1S/C19H20F4N2O3/c1-25(2)7-8-27-13-5-3-12(4-6-13)11-24-18(26)17-15(20)9-14(10-16(17)21)28-19(22)23/h3-6,9-10,19H,7-8,11H2,1-2H3,(H,24,26). The molecule has 0 saturated carbocycles. The molecule has 0 aliphatic heterocycles. The normalized spacial score (nSPS) is 11.0. The lowest BCUT2D eigenvalue weighted by molar-refractivity contribution is -0.0501. The number of rotatable bonds is 9. The maximum absolute atomic E-state index is 13.9. The van der Waals surface area contributed by atoms with Gasteiger partial charge in [0.15, 0.2) is 0 Å². The Kier molecular flexibility index (Phi) is 7.62. The van der Waals surface area contributed by atoms with Crippen molar-refractivity contribution >= 4 is 5.91 Å². The number of ether oxygens (including phenoxy) is 2. The molecule has 0 heterocycles. The molecule has 1 amide bonds. The third-order valence-electron chi connectivity index (χ3n) is 3.65. The van der Waals surface area contributed by atoms with Gasteiger partial charge in [-0.1, -0.05) is 12.1 Å². The molecule has 0 saturated heterocycles. The molecule has 0 fully saturated rings. The van der Waals surface area contributed by atoms with E-state index in [1.807, 2.05) is 19.0 Å². The Labute approximate surface area is 159 Å². The lowest BCUT2D eigenvalue weighted by Gasteiger charge is -2.12. The van der Waals surface area contributed by atoms with Crippen molar-refractivity contribution < 1.29 is 31.8 Å². The molecule has 0 spiro atoms. The third-order valence-corrected chi connectivity index (χ3v) is 3.65. The number of benzene rings is 2. The number of carbonyl (C=O) groups excluding carboxylic acids is 1. The summed E-state index contributed by atoms with van der Waals surface area (Å²) in [5, 5.41) is 2.38. The molecule has 0 atom stereocenters. The van der Waals surface area contributed by atoms with Crippen LogP contribution in [0.15, 0.2) is 36.4 Å². The Morgan fingerprint density at radius 3 is 2.21 bits per heavy atom. The van der Waals surface area contributed by atoms with Crippen LogP contribution in [0.25, 0.3) is 0 Å². The van der Waals surface area contributed by atoms with Crippen molar-refractivity contribution in [3.63, 3.8) is 0 Å². The molecular weight excluding hydrogens is 380 g/mol. The van der Waals surface area contributed by atoms with E-state index in [-0.39, 0.29) is 6.54 Å². The second kappa shape index (κ2) is 9.93. The fourth-order valence-corrected chi connectivity index (χ4v) is 2.26. The van der Waals surface area contributed by atoms with Crippen LogP contribution < -0.4 is 14.8 Å². The number of alkyl halides is 2. The summed E-state index contributed by atoms with van der Waals surface area (Å²) >= 11 is 0. The largest absolute Gasteiger partial charge is 0.492 e. The van der Waals surface area contributed by atoms with Gasteiger partial charge >= 0.3 is 6.61 Å². The molecule has 1 N–H and O–H groups in total. The first-order valence-corrected chi connectivity index (χ1v) is 8.34.